The highest BCUT2D eigenvalue weighted by Crippen LogP contribution is 2.15. The van der Waals surface area contributed by atoms with Gasteiger partial charge in [0.25, 0.3) is 11.8 Å². The summed E-state index contributed by atoms with van der Waals surface area (Å²) in [6.45, 7) is 3.52. The average Bonchev–Trinajstić information content (AvgIpc) is 2.98. The van der Waals surface area contributed by atoms with Crippen molar-refractivity contribution < 1.29 is 51.7 Å². The normalized spacial score (nSPS) is 15.2. The van der Waals surface area contributed by atoms with E-state index in [0.29, 0.717) is 0 Å². The van der Waals surface area contributed by atoms with Gasteiger partial charge in [-0.05, 0) is 20.8 Å². The van der Waals surface area contributed by atoms with Gasteiger partial charge >= 0.3 is 12.1 Å². The molecule has 33 heavy (non-hydrogen) atoms. The van der Waals surface area contributed by atoms with Crippen LogP contribution in [0.25, 0.3) is 0 Å². The molecule has 0 aromatic carbocycles. The highest BCUT2D eigenvalue weighted by Gasteiger charge is 2.34. The third-order valence-electron chi connectivity index (χ3n) is 4.11. The largest absolute Gasteiger partial charge is 0.534 e. The molecular formula is C17H28N4O11S. The number of amides is 3. The third kappa shape index (κ3) is 10.1. The minimum absolute atomic E-state index is 0.0982. The molecule has 0 bridgehead atoms. The summed E-state index contributed by atoms with van der Waals surface area (Å²) >= 11 is 0. The van der Waals surface area contributed by atoms with Crippen LogP contribution in [0.15, 0.2) is 0 Å². The predicted octanol–water partition coefficient (Wildman–Crippen LogP) is -1.91. The number of hydrogen-bond donors (Lipinski definition) is 3. The summed E-state index contributed by atoms with van der Waals surface area (Å²) in [6, 6.07) is 0. The van der Waals surface area contributed by atoms with Gasteiger partial charge in [-0.3, -0.25) is 35.4 Å². The minimum Gasteiger partial charge on any atom is -0.429 e. The average molecular weight is 496 g/mol. The molecule has 0 aromatic heterocycles. The first-order valence-electron chi connectivity index (χ1n) is 9.76. The Kier molecular flexibility index (Phi) is 10.6. The molecule has 1 fully saturated rings. The second-order valence-corrected chi connectivity index (χ2v) is 9.94. The smallest absolute Gasteiger partial charge is 0.429 e. The first-order valence-corrected chi connectivity index (χ1v) is 11.6. The van der Waals surface area contributed by atoms with E-state index < -0.39 is 69.3 Å². The number of carbonyl (C=O) groups is 5. The van der Waals surface area contributed by atoms with Crippen molar-refractivity contribution in [2.45, 2.75) is 39.7 Å². The number of nitrogens with zero attached hydrogens (tertiary/aromatic N) is 1. The Morgan fingerprint density at radius 2 is 1.79 bits per heavy atom. The van der Waals surface area contributed by atoms with Gasteiger partial charge in [-0.2, -0.15) is 4.89 Å². The maximum absolute atomic E-state index is 12.1. The van der Waals surface area contributed by atoms with Crippen molar-refractivity contribution in [3.8, 4) is 0 Å². The van der Waals surface area contributed by atoms with Gasteiger partial charge in [0.2, 0.25) is 5.91 Å². The Morgan fingerprint density at radius 3 is 2.36 bits per heavy atom. The standard InChI is InChI=1S/C17H28N4O11S/c1-11(30-16(26)31-21-13(23)4-5-14(21)24)9-33(27,28)7-6-19-12(22)8-29-32-15(25)17(2,3)10-20-18/h11,20H,4-10,18H2,1-3H3,(H,19,22). The zero-order valence-corrected chi connectivity index (χ0v) is 19.3. The third-order valence-corrected chi connectivity index (χ3v) is 5.92. The fraction of sp³-hybridized carbons (Fsp3) is 0.706. The molecule has 1 heterocycles. The summed E-state index contributed by atoms with van der Waals surface area (Å²) in [6.07, 6.45) is -2.75. The van der Waals surface area contributed by atoms with Crippen LogP contribution in [-0.4, -0.2) is 80.6 Å². The van der Waals surface area contributed by atoms with Gasteiger partial charge in [0.05, 0.1) is 16.9 Å². The molecule has 1 atom stereocenters. The van der Waals surface area contributed by atoms with Gasteiger partial charge in [0, 0.05) is 25.9 Å². The Labute approximate surface area is 190 Å². The number of carbonyl (C=O) groups excluding carboxylic acids is 5. The Hall–Kier alpha value is -2.82. The molecule has 0 radical (unpaired) electrons. The van der Waals surface area contributed by atoms with E-state index in [9.17, 15) is 32.4 Å². The Bertz CT molecular complexity index is 843. The number of imide groups is 1. The fourth-order valence-electron chi connectivity index (χ4n) is 2.37. The van der Waals surface area contributed by atoms with Crippen LogP contribution < -0.4 is 16.6 Å². The van der Waals surface area contributed by atoms with E-state index in [4.69, 9.17) is 10.6 Å². The van der Waals surface area contributed by atoms with Gasteiger partial charge in [-0.1, -0.05) is 5.06 Å². The summed E-state index contributed by atoms with van der Waals surface area (Å²) in [5, 5.41) is 2.54. The summed E-state index contributed by atoms with van der Waals surface area (Å²) in [7, 11) is -3.77. The molecule has 0 spiro atoms. The van der Waals surface area contributed by atoms with Crippen molar-refractivity contribution >= 4 is 39.7 Å². The van der Waals surface area contributed by atoms with Crippen LogP contribution >= 0.6 is 0 Å². The topological polar surface area (TPSA) is 210 Å². The summed E-state index contributed by atoms with van der Waals surface area (Å²) < 4.78 is 29.0. The van der Waals surface area contributed by atoms with Crippen molar-refractivity contribution in [1.29, 1.82) is 0 Å². The first-order chi connectivity index (χ1) is 15.3. The van der Waals surface area contributed by atoms with E-state index in [1.54, 1.807) is 13.8 Å². The zero-order valence-electron chi connectivity index (χ0n) is 18.5. The van der Waals surface area contributed by atoms with Crippen LogP contribution in [0.1, 0.15) is 33.6 Å². The number of nitrogens with one attached hydrogen (secondary N) is 2. The van der Waals surface area contributed by atoms with Crippen LogP contribution in [-0.2, 0) is 48.4 Å². The Morgan fingerprint density at radius 1 is 1.18 bits per heavy atom. The van der Waals surface area contributed by atoms with E-state index >= 15 is 0 Å². The van der Waals surface area contributed by atoms with Crippen molar-refractivity contribution in [1.82, 2.24) is 15.8 Å². The van der Waals surface area contributed by atoms with Crippen LogP contribution in [0.5, 0.6) is 0 Å². The lowest BCUT2D eigenvalue weighted by atomic mass is 9.94. The number of hydrazine groups is 1. The van der Waals surface area contributed by atoms with E-state index in [-0.39, 0.29) is 31.0 Å². The molecule has 1 saturated heterocycles. The summed E-state index contributed by atoms with van der Waals surface area (Å²) in [4.78, 5) is 71.4. The highest BCUT2D eigenvalue weighted by molar-refractivity contribution is 7.91. The molecule has 3 amide bonds. The second-order valence-electron chi connectivity index (χ2n) is 7.71. The SMILES string of the molecule is CC(CS(=O)(=O)CCNC(=O)COOC(=O)C(C)(C)CNN)OC(=O)ON1C(=O)CCC1=O. The van der Waals surface area contributed by atoms with E-state index in [0.717, 1.165) is 0 Å². The molecular weight excluding hydrogens is 468 g/mol. The van der Waals surface area contributed by atoms with Crippen LogP contribution in [0, 0.1) is 5.41 Å². The monoisotopic (exact) mass is 496 g/mol. The predicted molar refractivity (Wildman–Crippen MR) is 108 cm³/mol. The van der Waals surface area contributed by atoms with Gasteiger partial charge in [0.1, 0.15) is 6.10 Å². The molecule has 1 aliphatic heterocycles. The number of sulfone groups is 1. The van der Waals surface area contributed by atoms with Crippen molar-refractivity contribution in [3.05, 3.63) is 0 Å². The minimum atomic E-state index is -3.77. The fourth-order valence-corrected chi connectivity index (χ4v) is 3.73. The van der Waals surface area contributed by atoms with Crippen molar-refractivity contribution in [3.63, 3.8) is 0 Å². The zero-order chi connectivity index (χ0) is 25.2. The van der Waals surface area contributed by atoms with Crippen molar-refractivity contribution in [2.24, 2.45) is 11.3 Å². The van der Waals surface area contributed by atoms with Gasteiger partial charge in [-0.25, -0.2) is 18.0 Å². The number of hydrogen-bond acceptors (Lipinski definition) is 13. The quantitative estimate of drug-likeness (QED) is 0.0836. The number of hydroxylamine groups is 2. The number of rotatable bonds is 13. The molecule has 0 saturated carbocycles. The molecule has 188 valence electrons. The summed E-state index contributed by atoms with van der Waals surface area (Å²) in [5.74, 6) is 1.15. The molecule has 15 nitrogen and oxygen atoms in total. The van der Waals surface area contributed by atoms with Gasteiger partial charge < -0.3 is 10.1 Å². The maximum Gasteiger partial charge on any atom is 0.534 e. The number of ether oxygens (including phenoxy) is 1. The molecule has 1 rings (SSSR count). The lowest BCUT2D eigenvalue weighted by molar-refractivity contribution is -0.275. The second kappa shape index (κ2) is 12.4. The highest BCUT2D eigenvalue weighted by atomic mass is 32.2. The van der Waals surface area contributed by atoms with E-state index in [2.05, 4.69) is 25.4 Å². The Balaban J connectivity index is 2.30. The first kappa shape index (κ1) is 28.2. The van der Waals surface area contributed by atoms with Crippen LogP contribution in [0.4, 0.5) is 4.79 Å². The molecule has 0 aromatic rings. The molecule has 16 heteroatoms. The lowest BCUT2D eigenvalue weighted by Crippen LogP contribution is -2.40. The molecule has 4 N–H and O–H groups in total. The van der Waals surface area contributed by atoms with Crippen LogP contribution in [0.3, 0.4) is 0 Å². The lowest BCUT2D eigenvalue weighted by Gasteiger charge is -2.20. The van der Waals surface area contributed by atoms with Crippen LogP contribution in [0.2, 0.25) is 0 Å². The van der Waals surface area contributed by atoms with E-state index in [1.807, 2.05) is 0 Å². The van der Waals surface area contributed by atoms with Gasteiger partial charge in [0.15, 0.2) is 16.4 Å². The summed E-state index contributed by atoms with van der Waals surface area (Å²) in [5.41, 5.74) is 1.32. The van der Waals surface area contributed by atoms with Crippen molar-refractivity contribution in [2.75, 3.05) is 31.2 Å². The molecule has 1 unspecified atom stereocenters. The number of nitrogens with two attached hydrogens (primary N) is 1. The van der Waals surface area contributed by atoms with E-state index in [1.165, 1.54) is 6.92 Å². The maximum atomic E-state index is 12.1. The molecule has 0 aliphatic carbocycles. The molecule has 1 aliphatic rings. The van der Waals surface area contributed by atoms with Gasteiger partial charge in [-0.15, -0.1) is 0 Å².